The van der Waals surface area contributed by atoms with E-state index in [1.165, 1.54) is 0 Å². The van der Waals surface area contributed by atoms with Crippen LogP contribution in [0.25, 0.3) is 0 Å². The molecular weight excluding hydrogens is 519 g/mol. The van der Waals surface area contributed by atoms with Gasteiger partial charge in [0, 0.05) is 51.9 Å². The number of guanidine groups is 1. The van der Waals surface area contributed by atoms with Crippen molar-refractivity contribution in [1.29, 1.82) is 0 Å². The van der Waals surface area contributed by atoms with Crippen molar-refractivity contribution in [2.75, 3.05) is 50.7 Å². The molecule has 0 radical (unpaired) electrons. The van der Waals surface area contributed by atoms with E-state index in [0.717, 1.165) is 51.1 Å². The van der Waals surface area contributed by atoms with Crippen LogP contribution in [0.15, 0.2) is 29.4 Å². The van der Waals surface area contributed by atoms with Gasteiger partial charge < -0.3 is 25.5 Å². The van der Waals surface area contributed by atoms with Gasteiger partial charge in [0.1, 0.15) is 5.82 Å². The van der Waals surface area contributed by atoms with Crippen LogP contribution in [0.4, 0.5) is 5.82 Å². The number of hydrogen-bond donors (Lipinski definition) is 3. The average Bonchev–Trinajstić information content (AvgIpc) is 2.78. The summed E-state index contributed by atoms with van der Waals surface area (Å²) >= 11 is 0. The van der Waals surface area contributed by atoms with Gasteiger partial charge in [-0.05, 0) is 31.9 Å². The largest absolute Gasteiger partial charge is 0.388 e. The minimum atomic E-state index is -0.755. The van der Waals surface area contributed by atoms with Crippen molar-refractivity contribution in [1.82, 2.24) is 20.5 Å². The standard InChI is InChI=1S/C23H40N6O2.HI/c1-4-11-23(31,12-5-2)19-27-22(24-6-3)26-14-10-21(30)29-17-15-28(16-18-29)20-9-7-8-13-25-20;/h7-9,13,31H,4-6,10-12,14-19H2,1-3H3,(H2,24,26,27);1H. The third kappa shape index (κ3) is 9.48. The van der Waals surface area contributed by atoms with E-state index in [4.69, 9.17) is 0 Å². The molecule has 3 N–H and O–H groups in total. The van der Waals surface area contributed by atoms with Crippen molar-refractivity contribution in [2.45, 2.75) is 58.5 Å². The summed E-state index contributed by atoms with van der Waals surface area (Å²) < 4.78 is 0. The second-order valence-corrected chi connectivity index (χ2v) is 8.15. The Bertz CT molecular complexity index is 674. The molecule has 8 nitrogen and oxygen atoms in total. The average molecular weight is 561 g/mol. The zero-order valence-electron chi connectivity index (χ0n) is 19.8. The number of carbonyl (C=O) groups is 1. The van der Waals surface area contributed by atoms with Gasteiger partial charge in [-0.1, -0.05) is 32.8 Å². The smallest absolute Gasteiger partial charge is 0.224 e. The molecule has 0 saturated carbocycles. The van der Waals surface area contributed by atoms with Crippen molar-refractivity contribution in [2.24, 2.45) is 4.99 Å². The van der Waals surface area contributed by atoms with Gasteiger partial charge in [0.05, 0.1) is 12.1 Å². The number of halogens is 1. The third-order valence-electron chi connectivity index (χ3n) is 5.54. The minimum Gasteiger partial charge on any atom is -0.388 e. The molecule has 2 rings (SSSR count). The van der Waals surface area contributed by atoms with Crippen LogP contribution in [0, 0.1) is 0 Å². The Hall–Kier alpha value is -1.62. The van der Waals surface area contributed by atoms with Crippen LogP contribution in [-0.2, 0) is 4.79 Å². The summed E-state index contributed by atoms with van der Waals surface area (Å²) in [5.41, 5.74) is -0.755. The normalized spacial score (nSPS) is 14.7. The molecule has 0 unspecified atom stereocenters. The molecule has 0 atom stereocenters. The van der Waals surface area contributed by atoms with Gasteiger partial charge in [-0.25, -0.2) is 4.98 Å². The highest BCUT2D eigenvalue weighted by Gasteiger charge is 2.25. The molecule has 0 bridgehead atoms. The van der Waals surface area contributed by atoms with Crippen molar-refractivity contribution in [3.63, 3.8) is 0 Å². The first kappa shape index (κ1) is 28.4. The van der Waals surface area contributed by atoms with Crippen molar-refractivity contribution in [3.05, 3.63) is 24.4 Å². The molecule has 2 heterocycles. The first-order valence-corrected chi connectivity index (χ1v) is 11.7. The fraction of sp³-hybridized carbons (Fsp3) is 0.696. The maximum Gasteiger partial charge on any atom is 0.224 e. The van der Waals surface area contributed by atoms with E-state index < -0.39 is 5.60 Å². The summed E-state index contributed by atoms with van der Waals surface area (Å²) in [6.45, 7) is 10.8. The van der Waals surface area contributed by atoms with E-state index in [-0.39, 0.29) is 29.9 Å². The van der Waals surface area contributed by atoms with Crippen LogP contribution in [0.3, 0.4) is 0 Å². The van der Waals surface area contributed by atoms with E-state index in [0.29, 0.717) is 38.6 Å². The number of rotatable bonds is 11. The predicted octanol–water partition coefficient (Wildman–Crippen LogP) is 2.62. The number of nitrogens with one attached hydrogen (secondary N) is 2. The molecule has 1 fully saturated rings. The number of aromatic nitrogens is 1. The fourth-order valence-electron chi connectivity index (χ4n) is 3.95. The van der Waals surface area contributed by atoms with Gasteiger partial charge in [0.15, 0.2) is 5.96 Å². The Morgan fingerprint density at radius 2 is 1.81 bits per heavy atom. The number of nitrogens with zero attached hydrogens (tertiary/aromatic N) is 4. The van der Waals surface area contributed by atoms with Crippen LogP contribution in [0.1, 0.15) is 52.9 Å². The molecule has 1 amide bonds. The third-order valence-corrected chi connectivity index (χ3v) is 5.54. The number of aliphatic imine (C=N–C) groups is 1. The SMILES string of the molecule is CCCC(O)(CCC)CN=C(NCC)NCCC(=O)N1CCN(c2ccccn2)CC1.I. The van der Waals surface area contributed by atoms with Gasteiger partial charge in [-0.2, -0.15) is 0 Å². The van der Waals surface area contributed by atoms with Crippen LogP contribution >= 0.6 is 24.0 Å². The highest BCUT2D eigenvalue weighted by atomic mass is 127. The van der Waals surface area contributed by atoms with Gasteiger partial charge in [-0.15, -0.1) is 24.0 Å². The van der Waals surface area contributed by atoms with Gasteiger partial charge in [0.25, 0.3) is 0 Å². The number of piperazine rings is 1. The van der Waals surface area contributed by atoms with Crippen LogP contribution in [0.2, 0.25) is 0 Å². The number of carbonyl (C=O) groups excluding carboxylic acids is 1. The molecular formula is C23H41IN6O2. The minimum absolute atomic E-state index is 0. The molecule has 0 spiro atoms. The van der Waals surface area contributed by atoms with E-state index in [1.807, 2.05) is 30.0 Å². The highest BCUT2D eigenvalue weighted by Crippen LogP contribution is 2.19. The summed E-state index contributed by atoms with van der Waals surface area (Å²) in [7, 11) is 0. The van der Waals surface area contributed by atoms with E-state index in [2.05, 4.69) is 39.4 Å². The number of aliphatic hydroxyl groups is 1. The number of amides is 1. The lowest BCUT2D eigenvalue weighted by Gasteiger charge is -2.35. The maximum atomic E-state index is 12.6. The Kier molecular flexibility index (Phi) is 13.5. The Labute approximate surface area is 210 Å². The van der Waals surface area contributed by atoms with E-state index in [1.54, 1.807) is 6.20 Å². The van der Waals surface area contributed by atoms with Gasteiger partial charge in [-0.3, -0.25) is 9.79 Å². The monoisotopic (exact) mass is 560 g/mol. The first-order valence-electron chi connectivity index (χ1n) is 11.7. The summed E-state index contributed by atoms with van der Waals surface area (Å²) in [4.78, 5) is 25.7. The van der Waals surface area contributed by atoms with Crippen LogP contribution in [0.5, 0.6) is 0 Å². The highest BCUT2D eigenvalue weighted by molar-refractivity contribution is 14.0. The van der Waals surface area contributed by atoms with Crippen molar-refractivity contribution < 1.29 is 9.90 Å². The van der Waals surface area contributed by atoms with Crippen molar-refractivity contribution >= 4 is 41.7 Å². The van der Waals surface area contributed by atoms with Crippen molar-refractivity contribution in [3.8, 4) is 0 Å². The number of anilines is 1. The summed E-state index contributed by atoms with van der Waals surface area (Å²) in [6.07, 6.45) is 5.56. The lowest BCUT2D eigenvalue weighted by Crippen LogP contribution is -2.49. The summed E-state index contributed by atoms with van der Waals surface area (Å²) in [5.74, 6) is 1.77. The number of pyridine rings is 1. The number of hydrogen-bond acceptors (Lipinski definition) is 5. The second-order valence-electron chi connectivity index (χ2n) is 8.15. The Morgan fingerprint density at radius 1 is 1.12 bits per heavy atom. The zero-order valence-corrected chi connectivity index (χ0v) is 22.2. The van der Waals surface area contributed by atoms with Gasteiger partial charge >= 0.3 is 0 Å². The van der Waals surface area contributed by atoms with Crippen LogP contribution in [-0.4, -0.2) is 78.3 Å². The second kappa shape index (κ2) is 15.3. The molecule has 1 aliphatic rings. The molecule has 9 heteroatoms. The Balaban J connectivity index is 0.00000512. The maximum absolute atomic E-state index is 12.6. The van der Waals surface area contributed by atoms with Crippen LogP contribution < -0.4 is 15.5 Å². The molecule has 1 saturated heterocycles. The Morgan fingerprint density at radius 3 is 2.38 bits per heavy atom. The van der Waals surface area contributed by atoms with E-state index in [9.17, 15) is 9.90 Å². The first-order chi connectivity index (χ1) is 15.0. The molecule has 32 heavy (non-hydrogen) atoms. The molecule has 1 aromatic rings. The fourth-order valence-corrected chi connectivity index (χ4v) is 3.95. The molecule has 1 aliphatic heterocycles. The van der Waals surface area contributed by atoms with Gasteiger partial charge in [0.2, 0.25) is 5.91 Å². The zero-order chi connectivity index (χ0) is 22.5. The molecule has 0 aliphatic carbocycles. The van der Waals surface area contributed by atoms with E-state index >= 15 is 0 Å². The predicted molar refractivity (Wildman–Crippen MR) is 142 cm³/mol. The molecule has 182 valence electrons. The summed E-state index contributed by atoms with van der Waals surface area (Å²) in [5, 5.41) is 17.2. The summed E-state index contributed by atoms with van der Waals surface area (Å²) in [6, 6.07) is 5.90. The lowest BCUT2D eigenvalue weighted by molar-refractivity contribution is -0.131. The quantitative estimate of drug-likeness (QED) is 0.219. The molecule has 0 aromatic carbocycles. The topological polar surface area (TPSA) is 93.1 Å². The lowest BCUT2D eigenvalue weighted by atomic mass is 9.93. The molecule has 1 aromatic heterocycles.